The lowest BCUT2D eigenvalue weighted by Gasteiger charge is -2.23. The van der Waals surface area contributed by atoms with Gasteiger partial charge in [0.1, 0.15) is 17.4 Å². The number of thiophene rings is 1. The molecule has 4 N–H and O–H groups in total. The van der Waals surface area contributed by atoms with Crippen LogP contribution in [0.3, 0.4) is 0 Å². The lowest BCUT2D eigenvalue weighted by Crippen LogP contribution is -2.25. The summed E-state index contributed by atoms with van der Waals surface area (Å²) in [6.45, 7) is 7.84. The number of rotatable bonds is 7. The zero-order valence-electron chi connectivity index (χ0n) is 22.6. The van der Waals surface area contributed by atoms with Gasteiger partial charge in [0.2, 0.25) is 0 Å². The third-order valence-corrected chi connectivity index (χ3v) is 7.76. The molecular weight excluding hydrogens is 522 g/mol. The Morgan fingerprint density at radius 1 is 1.07 bits per heavy atom. The third-order valence-electron chi connectivity index (χ3n) is 6.57. The number of aromatic amines is 2. The van der Waals surface area contributed by atoms with E-state index in [0.29, 0.717) is 17.0 Å². The van der Waals surface area contributed by atoms with Gasteiger partial charge in [-0.05, 0) is 61.2 Å². The fraction of sp³-hybridized carbons (Fsp3) is 0.233. The molecule has 202 valence electrons. The van der Waals surface area contributed by atoms with E-state index in [1.54, 1.807) is 25.5 Å². The van der Waals surface area contributed by atoms with E-state index in [1.165, 1.54) is 11.3 Å². The lowest BCUT2D eigenvalue weighted by molar-refractivity contribution is 0.102. The van der Waals surface area contributed by atoms with Gasteiger partial charge in [0.25, 0.3) is 0 Å². The molecule has 0 saturated carbocycles. The van der Waals surface area contributed by atoms with Gasteiger partial charge in [0.15, 0.2) is 5.78 Å². The van der Waals surface area contributed by atoms with Crippen LogP contribution in [0.2, 0.25) is 0 Å². The molecule has 0 fully saturated rings. The molecule has 0 aliphatic carbocycles. The van der Waals surface area contributed by atoms with Crippen molar-refractivity contribution in [2.24, 2.45) is 5.41 Å². The van der Waals surface area contributed by atoms with Crippen LogP contribution in [0.5, 0.6) is 0 Å². The van der Waals surface area contributed by atoms with Gasteiger partial charge in [-0.1, -0.05) is 20.8 Å². The van der Waals surface area contributed by atoms with E-state index in [9.17, 15) is 9.90 Å². The second kappa shape index (κ2) is 9.96. The van der Waals surface area contributed by atoms with E-state index < -0.39 is 6.23 Å². The van der Waals surface area contributed by atoms with Crippen molar-refractivity contribution >= 4 is 44.7 Å². The van der Waals surface area contributed by atoms with E-state index in [0.717, 1.165) is 55.1 Å². The topological polar surface area (TPSA) is 132 Å². The van der Waals surface area contributed by atoms with Crippen molar-refractivity contribution in [2.75, 3.05) is 5.32 Å². The number of nitrogens with zero attached hydrogens (tertiary/aromatic N) is 4. The highest BCUT2D eigenvalue weighted by Gasteiger charge is 2.19. The number of hydrogen-bond donors (Lipinski definition) is 4. The fourth-order valence-corrected chi connectivity index (χ4v) is 5.67. The summed E-state index contributed by atoms with van der Waals surface area (Å²) in [5, 5.41) is 22.2. The van der Waals surface area contributed by atoms with Crippen LogP contribution >= 0.6 is 11.3 Å². The van der Waals surface area contributed by atoms with Gasteiger partial charge in [0.05, 0.1) is 44.2 Å². The van der Waals surface area contributed by atoms with Crippen molar-refractivity contribution in [2.45, 2.75) is 40.3 Å². The smallest absolute Gasteiger partial charge is 0.169 e. The number of carbonyl (C=O) groups is 1. The fourth-order valence-electron chi connectivity index (χ4n) is 4.76. The van der Waals surface area contributed by atoms with E-state index in [4.69, 9.17) is 4.98 Å². The van der Waals surface area contributed by atoms with Crippen LogP contribution in [-0.2, 0) is 0 Å². The molecule has 1 atom stereocenters. The van der Waals surface area contributed by atoms with Gasteiger partial charge in [-0.25, -0.2) is 4.98 Å². The quantitative estimate of drug-likeness (QED) is 0.129. The van der Waals surface area contributed by atoms with Gasteiger partial charge in [-0.15, -0.1) is 11.3 Å². The van der Waals surface area contributed by atoms with Crippen molar-refractivity contribution in [1.82, 2.24) is 30.1 Å². The number of aromatic nitrogens is 6. The Labute approximate surface area is 234 Å². The van der Waals surface area contributed by atoms with Gasteiger partial charge >= 0.3 is 0 Å². The minimum atomic E-state index is -0.683. The van der Waals surface area contributed by atoms with Gasteiger partial charge < -0.3 is 15.4 Å². The number of ketones is 1. The molecule has 0 amide bonds. The maximum Gasteiger partial charge on any atom is 0.169 e. The molecule has 0 aliphatic heterocycles. The molecule has 6 aromatic heterocycles. The Morgan fingerprint density at radius 3 is 2.70 bits per heavy atom. The zero-order chi connectivity index (χ0) is 28.0. The maximum absolute atomic E-state index is 11.8. The molecule has 9 nitrogen and oxygen atoms in total. The summed E-state index contributed by atoms with van der Waals surface area (Å²) in [4.78, 5) is 30.9. The summed E-state index contributed by atoms with van der Waals surface area (Å²) >= 11 is 1.44. The Kier molecular flexibility index (Phi) is 6.44. The standard InChI is InChI=1S/C30H29N7O2S/c1-16(38)24-7-8-25(40-24)27-19-12-23(34-21(19)9-10-32-27)29-28-22(36-37-29)6-5-20(35-28)17-11-18(15-31-14-17)33-26(39)13-30(2,3)4/h5-12,14-15,26,33-34,39H,13H2,1-4H3,(H,36,37). The number of Topliss-reactive ketones (excluding diaryl/α,β-unsaturated/α-hetero) is 1. The van der Waals surface area contributed by atoms with Gasteiger partial charge in [0, 0.05) is 28.9 Å². The van der Waals surface area contributed by atoms with Crippen LogP contribution in [-0.4, -0.2) is 47.3 Å². The van der Waals surface area contributed by atoms with Crippen LogP contribution in [0.25, 0.3) is 55.2 Å². The second-order valence-corrected chi connectivity index (χ2v) is 12.2. The molecule has 6 rings (SSSR count). The van der Waals surface area contributed by atoms with E-state index in [-0.39, 0.29) is 11.2 Å². The molecule has 0 aromatic carbocycles. The molecule has 6 heterocycles. The van der Waals surface area contributed by atoms with Gasteiger partial charge in [-0.3, -0.25) is 19.9 Å². The highest BCUT2D eigenvalue weighted by molar-refractivity contribution is 7.17. The Hall–Kier alpha value is -4.41. The summed E-state index contributed by atoms with van der Waals surface area (Å²) in [7, 11) is 0. The first-order chi connectivity index (χ1) is 19.1. The Balaban J connectivity index is 1.35. The van der Waals surface area contributed by atoms with Gasteiger partial charge in [-0.2, -0.15) is 5.10 Å². The number of pyridine rings is 3. The minimum absolute atomic E-state index is 0.0115. The number of nitrogens with one attached hydrogen (secondary N) is 3. The summed E-state index contributed by atoms with van der Waals surface area (Å²) in [6, 6.07) is 13.5. The molecule has 0 bridgehead atoms. The lowest BCUT2D eigenvalue weighted by atomic mass is 9.91. The number of anilines is 1. The molecular formula is C30H29N7O2S. The highest BCUT2D eigenvalue weighted by Crippen LogP contribution is 2.36. The summed E-state index contributed by atoms with van der Waals surface area (Å²) in [6.07, 6.45) is 5.13. The first kappa shape index (κ1) is 25.8. The van der Waals surface area contributed by atoms with E-state index >= 15 is 0 Å². The molecule has 0 spiro atoms. The SMILES string of the molecule is CC(=O)c1ccc(-c2nccc3[nH]c(-c4n[nH]c5ccc(-c6cncc(NC(O)CC(C)(C)C)c6)nc45)cc23)s1. The second-order valence-electron chi connectivity index (χ2n) is 11.1. The van der Waals surface area contributed by atoms with Crippen LogP contribution in [0.1, 0.15) is 43.8 Å². The third kappa shape index (κ3) is 5.11. The van der Waals surface area contributed by atoms with Crippen molar-refractivity contribution < 1.29 is 9.90 Å². The number of hydrogen-bond acceptors (Lipinski definition) is 8. The first-order valence-electron chi connectivity index (χ1n) is 13.0. The first-order valence-corrected chi connectivity index (χ1v) is 13.8. The van der Waals surface area contributed by atoms with E-state index in [2.05, 4.69) is 51.2 Å². The van der Waals surface area contributed by atoms with Crippen molar-refractivity contribution in [3.63, 3.8) is 0 Å². The molecule has 6 aromatic rings. The van der Waals surface area contributed by atoms with Crippen molar-refractivity contribution in [3.8, 4) is 33.2 Å². The van der Waals surface area contributed by atoms with Crippen LogP contribution < -0.4 is 5.32 Å². The highest BCUT2D eigenvalue weighted by atomic mass is 32.1. The molecule has 1 unspecified atom stereocenters. The Morgan fingerprint density at radius 2 is 1.93 bits per heavy atom. The number of aliphatic hydroxyl groups is 1. The monoisotopic (exact) mass is 551 g/mol. The minimum Gasteiger partial charge on any atom is -0.374 e. The maximum atomic E-state index is 11.8. The summed E-state index contributed by atoms with van der Waals surface area (Å²) < 4.78 is 0. The predicted molar refractivity (Wildman–Crippen MR) is 159 cm³/mol. The number of fused-ring (bicyclic) bond motifs is 2. The molecule has 10 heteroatoms. The zero-order valence-corrected chi connectivity index (χ0v) is 23.4. The van der Waals surface area contributed by atoms with E-state index in [1.807, 2.05) is 42.5 Å². The van der Waals surface area contributed by atoms with Crippen LogP contribution in [0, 0.1) is 5.41 Å². The number of carbonyl (C=O) groups excluding carboxylic acids is 1. The summed E-state index contributed by atoms with van der Waals surface area (Å²) in [5.41, 5.74) is 7.04. The van der Waals surface area contributed by atoms with Crippen LogP contribution in [0.15, 0.2) is 61.1 Å². The normalized spacial score (nSPS) is 12.7. The number of H-pyrrole nitrogens is 2. The van der Waals surface area contributed by atoms with Crippen molar-refractivity contribution in [1.29, 1.82) is 0 Å². The average Bonchev–Trinajstić information content (AvgIpc) is 3.65. The largest absolute Gasteiger partial charge is 0.374 e. The predicted octanol–water partition coefficient (Wildman–Crippen LogP) is 6.66. The molecule has 0 aliphatic rings. The molecule has 0 saturated heterocycles. The molecule has 40 heavy (non-hydrogen) atoms. The van der Waals surface area contributed by atoms with Crippen molar-refractivity contribution in [3.05, 3.63) is 65.9 Å². The average molecular weight is 552 g/mol. The number of aliphatic hydroxyl groups excluding tert-OH is 1. The Bertz CT molecular complexity index is 1860. The summed E-state index contributed by atoms with van der Waals surface area (Å²) in [5.74, 6) is 0.0423. The van der Waals surface area contributed by atoms with Crippen LogP contribution in [0.4, 0.5) is 5.69 Å². The molecule has 0 radical (unpaired) electrons.